The number of nitrogens with zero attached hydrogens (tertiary/aromatic N) is 1. The SMILES string of the molecule is Cc1cc(Cl)c(C(=O)Nc2c(F)ccc(C)c2F)cn1. The minimum Gasteiger partial charge on any atom is -0.317 e. The van der Waals surface area contributed by atoms with E-state index in [1.807, 2.05) is 0 Å². The van der Waals surface area contributed by atoms with Crippen molar-refractivity contribution in [1.82, 2.24) is 4.98 Å². The van der Waals surface area contributed by atoms with E-state index in [-0.39, 0.29) is 16.1 Å². The van der Waals surface area contributed by atoms with Gasteiger partial charge in [-0.15, -0.1) is 0 Å². The summed E-state index contributed by atoms with van der Waals surface area (Å²) in [5.41, 5.74) is 0.429. The first-order valence-corrected chi connectivity index (χ1v) is 6.16. The molecule has 0 atom stereocenters. The fourth-order valence-electron chi connectivity index (χ4n) is 1.65. The number of benzene rings is 1. The molecule has 1 amide bonds. The van der Waals surface area contributed by atoms with E-state index in [0.29, 0.717) is 5.69 Å². The molecule has 1 aromatic carbocycles. The molecule has 2 rings (SSSR count). The van der Waals surface area contributed by atoms with Gasteiger partial charge in [-0.1, -0.05) is 17.7 Å². The maximum Gasteiger partial charge on any atom is 0.258 e. The number of anilines is 1. The molecule has 0 aliphatic heterocycles. The normalized spacial score (nSPS) is 10.4. The zero-order valence-electron chi connectivity index (χ0n) is 10.8. The van der Waals surface area contributed by atoms with E-state index in [2.05, 4.69) is 10.3 Å². The van der Waals surface area contributed by atoms with E-state index in [1.54, 1.807) is 6.92 Å². The Morgan fingerprint density at radius 1 is 1.30 bits per heavy atom. The highest BCUT2D eigenvalue weighted by molar-refractivity contribution is 6.34. The molecule has 0 saturated heterocycles. The van der Waals surface area contributed by atoms with Crippen LogP contribution in [0.3, 0.4) is 0 Å². The third-order valence-corrected chi connectivity index (χ3v) is 3.07. The highest BCUT2D eigenvalue weighted by Gasteiger charge is 2.17. The molecule has 1 N–H and O–H groups in total. The Kier molecular flexibility index (Phi) is 3.99. The van der Waals surface area contributed by atoms with Gasteiger partial charge in [0.2, 0.25) is 0 Å². The minimum absolute atomic E-state index is 0.0533. The molecule has 20 heavy (non-hydrogen) atoms. The van der Waals surface area contributed by atoms with Crippen LogP contribution in [0.1, 0.15) is 21.6 Å². The van der Waals surface area contributed by atoms with Crippen LogP contribution in [0.15, 0.2) is 24.4 Å². The largest absolute Gasteiger partial charge is 0.317 e. The van der Waals surface area contributed by atoms with Crippen molar-refractivity contribution in [2.24, 2.45) is 0 Å². The molecule has 3 nitrogen and oxygen atoms in total. The summed E-state index contributed by atoms with van der Waals surface area (Å²) < 4.78 is 27.4. The molecule has 2 aromatic rings. The molecule has 104 valence electrons. The van der Waals surface area contributed by atoms with Crippen LogP contribution < -0.4 is 5.32 Å². The van der Waals surface area contributed by atoms with Crippen LogP contribution in [0.5, 0.6) is 0 Å². The first-order chi connectivity index (χ1) is 9.40. The lowest BCUT2D eigenvalue weighted by Crippen LogP contribution is -2.15. The quantitative estimate of drug-likeness (QED) is 0.913. The molecule has 1 heterocycles. The number of aryl methyl sites for hydroxylation is 2. The summed E-state index contributed by atoms with van der Waals surface area (Å²) in [5.74, 6) is -2.38. The summed E-state index contributed by atoms with van der Waals surface area (Å²) in [6.45, 7) is 3.19. The zero-order chi connectivity index (χ0) is 14.9. The van der Waals surface area contributed by atoms with E-state index in [1.165, 1.54) is 25.3 Å². The van der Waals surface area contributed by atoms with Crippen molar-refractivity contribution < 1.29 is 13.6 Å². The van der Waals surface area contributed by atoms with Crippen LogP contribution in [0.4, 0.5) is 14.5 Å². The summed E-state index contributed by atoms with van der Waals surface area (Å²) in [4.78, 5) is 15.9. The lowest BCUT2D eigenvalue weighted by molar-refractivity contribution is 0.102. The monoisotopic (exact) mass is 296 g/mol. The van der Waals surface area contributed by atoms with Crippen LogP contribution >= 0.6 is 11.6 Å². The number of hydrogen-bond donors (Lipinski definition) is 1. The van der Waals surface area contributed by atoms with Crippen LogP contribution in [0.2, 0.25) is 5.02 Å². The average Bonchev–Trinajstić information content (AvgIpc) is 2.39. The zero-order valence-corrected chi connectivity index (χ0v) is 11.6. The molecule has 0 aliphatic carbocycles. The first kappa shape index (κ1) is 14.4. The number of aromatic nitrogens is 1. The van der Waals surface area contributed by atoms with E-state index >= 15 is 0 Å². The van der Waals surface area contributed by atoms with Gasteiger partial charge in [-0.05, 0) is 31.5 Å². The van der Waals surface area contributed by atoms with Crippen molar-refractivity contribution in [2.75, 3.05) is 5.32 Å². The van der Waals surface area contributed by atoms with Crippen LogP contribution in [0, 0.1) is 25.5 Å². The second-order valence-electron chi connectivity index (χ2n) is 4.31. The van der Waals surface area contributed by atoms with Gasteiger partial charge in [0.05, 0.1) is 10.6 Å². The smallest absolute Gasteiger partial charge is 0.258 e. The molecule has 0 bridgehead atoms. The first-order valence-electron chi connectivity index (χ1n) is 5.78. The minimum atomic E-state index is -0.849. The Bertz CT molecular complexity index is 689. The van der Waals surface area contributed by atoms with Crippen molar-refractivity contribution in [3.8, 4) is 0 Å². The number of nitrogens with one attached hydrogen (secondary N) is 1. The molecule has 0 unspecified atom stereocenters. The lowest BCUT2D eigenvalue weighted by Gasteiger charge is -2.10. The van der Waals surface area contributed by atoms with Crippen molar-refractivity contribution in [3.05, 3.63) is 57.9 Å². The van der Waals surface area contributed by atoms with Gasteiger partial charge >= 0.3 is 0 Å². The molecule has 0 spiro atoms. The van der Waals surface area contributed by atoms with Gasteiger partial charge in [-0.25, -0.2) is 8.78 Å². The number of rotatable bonds is 2. The van der Waals surface area contributed by atoms with Gasteiger partial charge in [0.25, 0.3) is 5.91 Å². The van der Waals surface area contributed by atoms with Gasteiger partial charge in [-0.2, -0.15) is 0 Å². The molecule has 0 aliphatic rings. The predicted octanol–water partition coefficient (Wildman–Crippen LogP) is 3.88. The van der Waals surface area contributed by atoms with Gasteiger partial charge in [0, 0.05) is 11.9 Å². The van der Waals surface area contributed by atoms with E-state index in [0.717, 1.165) is 6.07 Å². The molecule has 1 aromatic heterocycles. The Morgan fingerprint density at radius 2 is 2.00 bits per heavy atom. The van der Waals surface area contributed by atoms with E-state index in [9.17, 15) is 13.6 Å². The van der Waals surface area contributed by atoms with Crippen LogP contribution in [0.25, 0.3) is 0 Å². The lowest BCUT2D eigenvalue weighted by atomic mass is 10.2. The third-order valence-electron chi connectivity index (χ3n) is 2.76. The average molecular weight is 297 g/mol. The second kappa shape index (κ2) is 5.54. The highest BCUT2D eigenvalue weighted by atomic mass is 35.5. The Balaban J connectivity index is 2.35. The topological polar surface area (TPSA) is 42.0 Å². The van der Waals surface area contributed by atoms with Gasteiger partial charge in [-0.3, -0.25) is 9.78 Å². The fraction of sp³-hybridized carbons (Fsp3) is 0.143. The van der Waals surface area contributed by atoms with Crippen molar-refractivity contribution in [3.63, 3.8) is 0 Å². The highest BCUT2D eigenvalue weighted by Crippen LogP contribution is 2.23. The molecule has 0 fully saturated rings. The van der Waals surface area contributed by atoms with Gasteiger partial charge in [0.1, 0.15) is 11.5 Å². The summed E-state index contributed by atoms with van der Waals surface area (Å²) >= 11 is 5.91. The number of amides is 1. The van der Waals surface area contributed by atoms with Gasteiger partial charge < -0.3 is 5.32 Å². The second-order valence-corrected chi connectivity index (χ2v) is 4.72. The summed E-state index contributed by atoms with van der Waals surface area (Å²) in [7, 11) is 0. The number of carbonyl (C=O) groups is 1. The maximum atomic E-state index is 13.8. The van der Waals surface area contributed by atoms with Crippen LogP contribution in [-0.4, -0.2) is 10.9 Å². The van der Waals surface area contributed by atoms with Gasteiger partial charge in [0.15, 0.2) is 5.82 Å². The molecular weight excluding hydrogens is 286 g/mol. The van der Waals surface area contributed by atoms with Crippen molar-refractivity contribution in [1.29, 1.82) is 0 Å². The Morgan fingerprint density at radius 3 is 2.65 bits per heavy atom. The molecule has 6 heteroatoms. The molecule has 0 saturated carbocycles. The summed E-state index contributed by atoms with van der Waals surface area (Å²) in [6, 6.07) is 3.88. The maximum absolute atomic E-state index is 13.8. The number of halogens is 3. The molecular formula is C14H11ClF2N2O. The van der Waals surface area contributed by atoms with E-state index < -0.39 is 23.2 Å². The van der Waals surface area contributed by atoms with Crippen molar-refractivity contribution in [2.45, 2.75) is 13.8 Å². The Labute approximate surface area is 119 Å². The summed E-state index contributed by atoms with van der Waals surface area (Å²) in [5, 5.41) is 2.35. The van der Waals surface area contributed by atoms with E-state index in [4.69, 9.17) is 11.6 Å². The number of hydrogen-bond acceptors (Lipinski definition) is 2. The number of carbonyl (C=O) groups excluding carboxylic acids is 1. The predicted molar refractivity (Wildman–Crippen MR) is 73.0 cm³/mol. The molecule has 0 radical (unpaired) electrons. The summed E-state index contributed by atoms with van der Waals surface area (Å²) in [6.07, 6.45) is 1.26. The van der Waals surface area contributed by atoms with Crippen LogP contribution in [-0.2, 0) is 0 Å². The fourth-order valence-corrected chi connectivity index (χ4v) is 1.94. The standard InChI is InChI=1S/C14H11ClF2N2O/c1-7-3-4-11(16)13(12(7)17)19-14(20)9-6-18-8(2)5-10(9)15/h3-6H,1-2H3,(H,19,20). The third kappa shape index (κ3) is 2.77. The Hall–Kier alpha value is -2.01. The van der Waals surface area contributed by atoms with Crippen molar-refractivity contribution >= 4 is 23.2 Å². The number of pyridine rings is 1.